The van der Waals surface area contributed by atoms with Crippen LogP contribution in [0.25, 0.3) is 0 Å². The number of hydrogen-bond donors (Lipinski definition) is 0. The van der Waals surface area contributed by atoms with E-state index in [1.165, 1.54) is 0 Å². The molecule has 1 fully saturated rings. The summed E-state index contributed by atoms with van der Waals surface area (Å²) < 4.78 is 4.86. The van der Waals surface area contributed by atoms with Gasteiger partial charge in [0, 0.05) is 24.6 Å². The molecule has 0 aliphatic carbocycles. The van der Waals surface area contributed by atoms with Gasteiger partial charge in [-0.15, -0.1) is 0 Å². The van der Waals surface area contributed by atoms with Crippen molar-refractivity contribution in [2.24, 2.45) is 0 Å². The zero-order chi connectivity index (χ0) is 8.81. The largest absolute Gasteiger partial charge is 0.465 e. The second-order valence-electron chi connectivity index (χ2n) is 2.69. The number of rotatable bonds is 3. The fourth-order valence-corrected chi connectivity index (χ4v) is 2.13. The lowest BCUT2D eigenvalue weighted by atomic mass is 10.4. The van der Waals surface area contributed by atoms with Crippen molar-refractivity contribution < 1.29 is 9.53 Å². The van der Waals surface area contributed by atoms with Gasteiger partial charge in [0.2, 0.25) is 0 Å². The molecule has 3 nitrogen and oxygen atoms in total. The predicted octanol–water partition coefficient (Wildman–Crippen LogP) is 0.598. The second-order valence-corrected chi connectivity index (χ2v) is 3.92. The molecule has 1 aliphatic rings. The maximum atomic E-state index is 11.0. The molecule has 1 rings (SSSR count). The number of carbonyl (C=O) groups excluding carboxylic acids is 1. The van der Waals surface area contributed by atoms with Crippen LogP contribution in [0.15, 0.2) is 0 Å². The first-order valence-corrected chi connectivity index (χ1v) is 5.44. The third kappa shape index (κ3) is 3.45. The van der Waals surface area contributed by atoms with Crippen molar-refractivity contribution in [1.29, 1.82) is 0 Å². The second kappa shape index (κ2) is 5.43. The highest BCUT2D eigenvalue weighted by Crippen LogP contribution is 2.08. The number of ether oxygens (including phenoxy) is 1. The van der Waals surface area contributed by atoms with Gasteiger partial charge in [-0.3, -0.25) is 9.69 Å². The zero-order valence-corrected chi connectivity index (χ0v) is 8.23. The molecule has 0 spiro atoms. The summed E-state index contributed by atoms with van der Waals surface area (Å²) in [6.45, 7) is 4.83. The molecule has 0 aromatic carbocycles. The lowest BCUT2D eigenvalue weighted by molar-refractivity contribution is -0.144. The molecule has 0 radical (unpaired) electrons. The quantitative estimate of drug-likeness (QED) is 0.608. The Kier molecular flexibility index (Phi) is 4.46. The van der Waals surface area contributed by atoms with Gasteiger partial charge in [-0.25, -0.2) is 0 Å². The molecule has 0 unspecified atom stereocenters. The summed E-state index contributed by atoms with van der Waals surface area (Å²) in [4.78, 5) is 13.2. The minimum atomic E-state index is -0.0931. The van der Waals surface area contributed by atoms with Crippen molar-refractivity contribution in [3.05, 3.63) is 0 Å². The van der Waals surface area contributed by atoms with Gasteiger partial charge >= 0.3 is 5.97 Å². The van der Waals surface area contributed by atoms with Gasteiger partial charge in [0.1, 0.15) is 0 Å². The topological polar surface area (TPSA) is 29.5 Å². The van der Waals surface area contributed by atoms with E-state index in [0.29, 0.717) is 13.2 Å². The van der Waals surface area contributed by atoms with Crippen LogP contribution in [0, 0.1) is 0 Å². The average Bonchev–Trinajstić information content (AvgIpc) is 2.06. The van der Waals surface area contributed by atoms with Crippen LogP contribution in [0.4, 0.5) is 0 Å². The molecule has 12 heavy (non-hydrogen) atoms. The van der Waals surface area contributed by atoms with E-state index in [0.717, 1.165) is 24.6 Å². The lowest BCUT2D eigenvalue weighted by Crippen LogP contribution is -2.37. The molecule has 70 valence electrons. The van der Waals surface area contributed by atoms with E-state index in [2.05, 4.69) is 4.90 Å². The van der Waals surface area contributed by atoms with Crippen molar-refractivity contribution in [3.8, 4) is 0 Å². The Morgan fingerprint density at radius 1 is 1.50 bits per heavy atom. The first kappa shape index (κ1) is 9.86. The lowest BCUT2D eigenvalue weighted by Gasteiger charge is -2.24. The van der Waals surface area contributed by atoms with E-state index < -0.39 is 0 Å². The molecule has 1 aliphatic heterocycles. The van der Waals surface area contributed by atoms with Gasteiger partial charge in [-0.1, -0.05) is 0 Å². The van der Waals surface area contributed by atoms with E-state index in [4.69, 9.17) is 4.74 Å². The number of nitrogens with zero attached hydrogens (tertiary/aromatic N) is 1. The Balaban J connectivity index is 2.15. The SMILES string of the molecule is CCOC(=O)CN1CCSCC1. The highest BCUT2D eigenvalue weighted by molar-refractivity contribution is 7.99. The molecule has 1 saturated heterocycles. The van der Waals surface area contributed by atoms with Crippen LogP contribution in [-0.2, 0) is 9.53 Å². The number of hydrogen-bond acceptors (Lipinski definition) is 4. The normalized spacial score (nSPS) is 19.1. The highest BCUT2D eigenvalue weighted by Gasteiger charge is 2.13. The van der Waals surface area contributed by atoms with E-state index >= 15 is 0 Å². The van der Waals surface area contributed by atoms with Crippen molar-refractivity contribution >= 4 is 17.7 Å². The average molecular weight is 189 g/mol. The summed E-state index contributed by atoms with van der Waals surface area (Å²) in [6.07, 6.45) is 0. The fourth-order valence-electron chi connectivity index (χ4n) is 1.15. The van der Waals surface area contributed by atoms with Gasteiger partial charge in [-0.2, -0.15) is 11.8 Å². The third-order valence-electron chi connectivity index (χ3n) is 1.76. The zero-order valence-electron chi connectivity index (χ0n) is 7.41. The molecule has 0 amide bonds. The van der Waals surface area contributed by atoms with Crippen molar-refractivity contribution in [2.75, 3.05) is 37.7 Å². The van der Waals surface area contributed by atoms with E-state index in [1.54, 1.807) is 0 Å². The molecule has 0 saturated carbocycles. The minimum Gasteiger partial charge on any atom is -0.465 e. The molecular weight excluding hydrogens is 174 g/mol. The maximum Gasteiger partial charge on any atom is 0.320 e. The Bertz CT molecular complexity index is 146. The van der Waals surface area contributed by atoms with E-state index in [9.17, 15) is 4.79 Å². The molecule has 0 atom stereocenters. The Morgan fingerprint density at radius 2 is 2.17 bits per heavy atom. The van der Waals surface area contributed by atoms with Gasteiger partial charge in [0.05, 0.1) is 13.2 Å². The van der Waals surface area contributed by atoms with Gasteiger partial charge in [0.25, 0.3) is 0 Å². The van der Waals surface area contributed by atoms with Gasteiger partial charge < -0.3 is 4.74 Å². The van der Waals surface area contributed by atoms with Gasteiger partial charge in [0.15, 0.2) is 0 Å². The Labute approximate surface area is 77.4 Å². The Hall–Kier alpha value is -0.220. The van der Waals surface area contributed by atoms with E-state index in [1.807, 2.05) is 18.7 Å². The molecule has 0 bridgehead atoms. The summed E-state index contributed by atoms with van der Waals surface area (Å²) in [6, 6.07) is 0. The van der Waals surface area contributed by atoms with Crippen molar-refractivity contribution in [2.45, 2.75) is 6.92 Å². The molecule has 0 aromatic rings. The molecule has 4 heteroatoms. The van der Waals surface area contributed by atoms with Crippen LogP contribution in [-0.4, -0.2) is 48.6 Å². The minimum absolute atomic E-state index is 0.0931. The van der Waals surface area contributed by atoms with E-state index in [-0.39, 0.29) is 5.97 Å². The Morgan fingerprint density at radius 3 is 2.75 bits per heavy atom. The molecule has 0 N–H and O–H groups in total. The molecular formula is C8H15NO2S. The monoisotopic (exact) mass is 189 g/mol. The number of carbonyl (C=O) groups is 1. The number of thioether (sulfide) groups is 1. The summed E-state index contributed by atoms with van der Waals surface area (Å²) in [7, 11) is 0. The van der Waals surface area contributed by atoms with Crippen LogP contribution in [0.1, 0.15) is 6.92 Å². The van der Waals surface area contributed by atoms with Crippen LogP contribution >= 0.6 is 11.8 Å². The fraction of sp³-hybridized carbons (Fsp3) is 0.875. The van der Waals surface area contributed by atoms with Crippen molar-refractivity contribution in [3.63, 3.8) is 0 Å². The summed E-state index contributed by atoms with van der Waals surface area (Å²) in [5.41, 5.74) is 0. The maximum absolute atomic E-state index is 11.0. The molecule has 1 heterocycles. The van der Waals surface area contributed by atoms with Crippen LogP contribution < -0.4 is 0 Å². The highest BCUT2D eigenvalue weighted by atomic mass is 32.2. The first-order chi connectivity index (χ1) is 5.83. The summed E-state index contributed by atoms with van der Waals surface area (Å²) in [5.74, 6) is 2.18. The standard InChI is InChI=1S/C8H15NO2S/c1-2-11-8(10)7-9-3-5-12-6-4-9/h2-7H2,1H3. The summed E-state index contributed by atoms with van der Waals surface area (Å²) >= 11 is 1.95. The third-order valence-corrected chi connectivity index (χ3v) is 2.70. The van der Waals surface area contributed by atoms with Gasteiger partial charge in [-0.05, 0) is 6.92 Å². The first-order valence-electron chi connectivity index (χ1n) is 4.28. The van der Waals surface area contributed by atoms with Crippen LogP contribution in [0.3, 0.4) is 0 Å². The predicted molar refractivity (Wildman–Crippen MR) is 50.4 cm³/mol. The number of esters is 1. The van der Waals surface area contributed by atoms with Crippen LogP contribution in [0.5, 0.6) is 0 Å². The van der Waals surface area contributed by atoms with Crippen molar-refractivity contribution in [1.82, 2.24) is 4.90 Å². The molecule has 0 aromatic heterocycles. The van der Waals surface area contributed by atoms with Crippen LogP contribution in [0.2, 0.25) is 0 Å². The summed E-state index contributed by atoms with van der Waals surface area (Å²) in [5, 5.41) is 0. The smallest absolute Gasteiger partial charge is 0.320 e.